The van der Waals surface area contributed by atoms with Crippen molar-refractivity contribution in [1.29, 1.82) is 0 Å². The summed E-state index contributed by atoms with van der Waals surface area (Å²) in [6.07, 6.45) is 4.06. The quantitative estimate of drug-likeness (QED) is 0.578. The summed E-state index contributed by atoms with van der Waals surface area (Å²) in [6, 6.07) is 19.9. The highest BCUT2D eigenvalue weighted by atomic mass is 16.5. The minimum absolute atomic E-state index is 0.562. The van der Waals surface area contributed by atoms with Crippen LogP contribution in [0.2, 0.25) is 0 Å². The third-order valence-corrected chi connectivity index (χ3v) is 4.21. The highest BCUT2D eigenvalue weighted by Crippen LogP contribution is 2.20. The topological polar surface area (TPSA) is 50.3 Å². The fourth-order valence-corrected chi connectivity index (χ4v) is 2.62. The second kappa shape index (κ2) is 9.57. The molecule has 0 aliphatic heterocycles. The predicted octanol–water partition coefficient (Wildman–Crippen LogP) is 5.04. The van der Waals surface area contributed by atoms with Crippen molar-refractivity contribution < 1.29 is 4.74 Å². The van der Waals surface area contributed by atoms with Crippen LogP contribution in [0.15, 0.2) is 66.9 Å². The number of hydrogen-bond donors (Lipinski definition) is 1. The number of nitrogens with zero attached hydrogens (tertiary/aromatic N) is 3. The third-order valence-electron chi connectivity index (χ3n) is 4.21. The van der Waals surface area contributed by atoms with Crippen molar-refractivity contribution in [3.63, 3.8) is 0 Å². The standard InChI is InChI=1S/C22H26N4O/c1-3-4-16-26(2)22-23-15-14-21(25-22)24-19-10-12-20(13-11-19)27-17-18-8-6-5-7-9-18/h5-15H,3-4,16-17H2,1-2H3,(H,23,24,25). The molecule has 0 spiro atoms. The summed E-state index contributed by atoms with van der Waals surface area (Å²) in [5, 5.41) is 3.32. The first-order chi connectivity index (χ1) is 13.2. The molecule has 3 aromatic rings. The second-order valence-electron chi connectivity index (χ2n) is 6.44. The third kappa shape index (κ3) is 5.71. The lowest BCUT2D eigenvalue weighted by molar-refractivity contribution is 0.306. The molecule has 140 valence electrons. The van der Waals surface area contributed by atoms with Crippen LogP contribution in [0.25, 0.3) is 0 Å². The summed E-state index contributed by atoms with van der Waals surface area (Å²) in [5.74, 6) is 2.35. The average Bonchev–Trinajstić information content (AvgIpc) is 2.72. The molecule has 1 aromatic heterocycles. The molecule has 0 unspecified atom stereocenters. The van der Waals surface area contributed by atoms with Gasteiger partial charge in [-0.25, -0.2) is 4.98 Å². The molecule has 0 atom stereocenters. The molecule has 0 aliphatic carbocycles. The summed E-state index contributed by atoms with van der Waals surface area (Å²) in [6.45, 7) is 3.69. The van der Waals surface area contributed by atoms with E-state index < -0.39 is 0 Å². The first-order valence-electron chi connectivity index (χ1n) is 9.32. The number of ether oxygens (including phenoxy) is 1. The van der Waals surface area contributed by atoms with Crippen molar-refractivity contribution >= 4 is 17.5 Å². The van der Waals surface area contributed by atoms with Gasteiger partial charge in [0.1, 0.15) is 18.2 Å². The number of anilines is 3. The van der Waals surface area contributed by atoms with Crippen LogP contribution in [-0.2, 0) is 6.61 Å². The molecule has 5 heteroatoms. The van der Waals surface area contributed by atoms with E-state index in [1.54, 1.807) is 6.20 Å². The minimum Gasteiger partial charge on any atom is -0.489 e. The zero-order valence-corrected chi connectivity index (χ0v) is 15.9. The van der Waals surface area contributed by atoms with Gasteiger partial charge < -0.3 is 15.0 Å². The SMILES string of the molecule is CCCCN(C)c1nccc(Nc2ccc(OCc3ccccc3)cc2)n1. The largest absolute Gasteiger partial charge is 0.489 e. The zero-order valence-electron chi connectivity index (χ0n) is 15.9. The van der Waals surface area contributed by atoms with Gasteiger partial charge in [-0.05, 0) is 42.3 Å². The molecular formula is C22H26N4O. The fourth-order valence-electron chi connectivity index (χ4n) is 2.62. The first-order valence-corrected chi connectivity index (χ1v) is 9.32. The number of rotatable bonds is 9. The van der Waals surface area contributed by atoms with Crippen molar-refractivity contribution in [3.8, 4) is 5.75 Å². The van der Waals surface area contributed by atoms with Crippen molar-refractivity contribution in [2.45, 2.75) is 26.4 Å². The molecule has 0 bridgehead atoms. The summed E-state index contributed by atoms with van der Waals surface area (Å²) in [5.41, 5.74) is 2.11. The van der Waals surface area contributed by atoms with Crippen molar-refractivity contribution in [1.82, 2.24) is 9.97 Å². The molecule has 5 nitrogen and oxygen atoms in total. The molecule has 0 saturated heterocycles. The molecule has 1 N–H and O–H groups in total. The number of unbranched alkanes of at least 4 members (excludes halogenated alkanes) is 1. The van der Waals surface area contributed by atoms with Crippen LogP contribution in [0.5, 0.6) is 5.75 Å². The molecule has 0 fully saturated rings. The maximum Gasteiger partial charge on any atom is 0.227 e. The Morgan fingerprint density at radius 3 is 2.52 bits per heavy atom. The van der Waals surface area contributed by atoms with Crippen molar-refractivity contribution in [3.05, 3.63) is 72.4 Å². The van der Waals surface area contributed by atoms with Gasteiger partial charge in [0.2, 0.25) is 5.95 Å². The Kier molecular flexibility index (Phi) is 6.63. The lowest BCUT2D eigenvalue weighted by Gasteiger charge is -2.17. The molecule has 2 aromatic carbocycles. The van der Waals surface area contributed by atoms with E-state index in [9.17, 15) is 0 Å². The van der Waals surface area contributed by atoms with E-state index in [-0.39, 0.29) is 0 Å². The molecule has 27 heavy (non-hydrogen) atoms. The zero-order chi connectivity index (χ0) is 18.9. The lowest BCUT2D eigenvalue weighted by atomic mass is 10.2. The predicted molar refractivity (Wildman–Crippen MR) is 111 cm³/mol. The van der Waals surface area contributed by atoms with E-state index in [4.69, 9.17) is 4.74 Å². The smallest absolute Gasteiger partial charge is 0.227 e. The van der Waals surface area contributed by atoms with Crippen LogP contribution in [0.1, 0.15) is 25.3 Å². The van der Waals surface area contributed by atoms with Crippen LogP contribution in [0, 0.1) is 0 Å². The first kappa shape index (κ1) is 18.7. The van der Waals surface area contributed by atoms with Crippen LogP contribution in [0.4, 0.5) is 17.5 Å². The van der Waals surface area contributed by atoms with E-state index in [0.29, 0.717) is 6.61 Å². The van der Waals surface area contributed by atoms with Gasteiger partial charge in [-0.3, -0.25) is 0 Å². The number of hydrogen-bond acceptors (Lipinski definition) is 5. The summed E-state index contributed by atoms with van der Waals surface area (Å²) >= 11 is 0. The maximum atomic E-state index is 5.83. The molecule has 0 radical (unpaired) electrons. The Balaban J connectivity index is 1.58. The van der Waals surface area contributed by atoms with Gasteiger partial charge in [-0.2, -0.15) is 4.98 Å². The molecule has 0 aliphatic rings. The second-order valence-corrected chi connectivity index (χ2v) is 6.44. The fraction of sp³-hybridized carbons (Fsp3) is 0.273. The van der Waals surface area contributed by atoms with Crippen LogP contribution < -0.4 is 15.0 Å². The van der Waals surface area contributed by atoms with Gasteiger partial charge in [0.05, 0.1) is 0 Å². The molecule has 1 heterocycles. The summed E-state index contributed by atoms with van der Waals surface area (Å²) < 4.78 is 5.83. The van der Waals surface area contributed by atoms with E-state index in [1.165, 1.54) is 0 Å². The van der Waals surface area contributed by atoms with E-state index in [0.717, 1.165) is 48.2 Å². The Morgan fingerprint density at radius 2 is 1.78 bits per heavy atom. The Labute approximate surface area is 161 Å². The van der Waals surface area contributed by atoms with E-state index in [1.807, 2.05) is 55.6 Å². The van der Waals surface area contributed by atoms with Gasteiger partial charge in [-0.1, -0.05) is 43.7 Å². The van der Waals surface area contributed by atoms with Crippen LogP contribution >= 0.6 is 0 Å². The summed E-state index contributed by atoms with van der Waals surface area (Å²) in [7, 11) is 2.02. The van der Waals surface area contributed by atoms with E-state index in [2.05, 4.69) is 39.2 Å². The molecule has 0 amide bonds. The number of nitrogens with one attached hydrogen (secondary N) is 1. The normalized spacial score (nSPS) is 10.4. The number of aromatic nitrogens is 2. The minimum atomic E-state index is 0.562. The molecule has 0 saturated carbocycles. The van der Waals surface area contributed by atoms with E-state index >= 15 is 0 Å². The van der Waals surface area contributed by atoms with Gasteiger partial charge in [0.15, 0.2) is 0 Å². The lowest BCUT2D eigenvalue weighted by Crippen LogP contribution is -2.21. The Morgan fingerprint density at radius 1 is 1.00 bits per heavy atom. The number of benzene rings is 2. The summed E-state index contributed by atoms with van der Waals surface area (Å²) in [4.78, 5) is 11.0. The molecular weight excluding hydrogens is 336 g/mol. The van der Waals surface area contributed by atoms with Crippen LogP contribution in [-0.4, -0.2) is 23.6 Å². The maximum absolute atomic E-state index is 5.83. The van der Waals surface area contributed by atoms with Crippen molar-refractivity contribution in [2.75, 3.05) is 23.8 Å². The average molecular weight is 362 g/mol. The van der Waals surface area contributed by atoms with Gasteiger partial charge in [0, 0.05) is 25.5 Å². The van der Waals surface area contributed by atoms with Gasteiger partial charge in [0.25, 0.3) is 0 Å². The Bertz CT molecular complexity index is 821. The monoisotopic (exact) mass is 362 g/mol. The highest BCUT2D eigenvalue weighted by molar-refractivity contribution is 5.58. The molecule has 3 rings (SSSR count). The van der Waals surface area contributed by atoms with Gasteiger partial charge >= 0.3 is 0 Å². The van der Waals surface area contributed by atoms with Gasteiger partial charge in [-0.15, -0.1) is 0 Å². The highest BCUT2D eigenvalue weighted by Gasteiger charge is 2.05. The van der Waals surface area contributed by atoms with Crippen LogP contribution in [0.3, 0.4) is 0 Å². The Hall–Kier alpha value is -3.08. The van der Waals surface area contributed by atoms with Crippen molar-refractivity contribution in [2.24, 2.45) is 0 Å².